The topological polar surface area (TPSA) is 145 Å². The summed E-state index contributed by atoms with van der Waals surface area (Å²) in [6.45, 7) is 18.3. The number of carboxylic acid groups (broad SMARTS) is 1. The number of hydrogen-bond donors (Lipinski definition) is 4. The Labute approximate surface area is 402 Å². The molecule has 0 aromatic heterocycles. The molecule has 0 unspecified atom stereocenters. The van der Waals surface area contributed by atoms with Gasteiger partial charge in [0, 0.05) is 30.3 Å². The van der Waals surface area contributed by atoms with Crippen molar-refractivity contribution in [2.45, 2.75) is 121 Å². The van der Waals surface area contributed by atoms with E-state index in [-0.39, 0.29) is 57.9 Å². The summed E-state index contributed by atoms with van der Waals surface area (Å²) in [5.41, 5.74) is 8.20. The van der Waals surface area contributed by atoms with Gasteiger partial charge < -0.3 is 35.6 Å². The van der Waals surface area contributed by atoms with Gasteiger partial charge in [0.05, 0.1) is 12.1 Å². The fraction of sp³-hybridized carbons (Fsp3) is 0.415. The van der Waals surface area contributed by atoms with Crippen LogP contribution in [0.25, 0.3) is 11.1 Å². The summed E-state index contributed by atoms with van der Waals surface area (Å²) in [4.78, 5) is 39.0. The SMILES string of the molecule is C.C.C.CB(O)N1CC(c2cc(F)ccc2F)=C[C@H]1c1ccccc1.CC(C)(C)OC(=O)N[C@H](C(=O)O)C(C)(C)C.CC(C)(C)[C@H](N)C(=O)N1CC(c2cc(F)ccc2F)=C[C@H]1c1ccccc1. The van der Waals surface area contributed by atoms with Gasteiger partial charge in [0.2, 0.25) is 5.91 Å². The lowest BCUT2D eigenvalue weighted by Crippen LogP contribution is -2.50. The maximum Gasteiger partial charge on any atom is 0.408 e. The first-order valence-corrected chi connectivity index (χ1v) is 21.3. The van der Waals surface area contributed by atoms with Crippen LogP contribution in [-0.2, 0) is 14.3 Å². The highest BCUT2D eigenvalue weighted by Gasteiger charge is 2.38. The number of alkyl carbamates (subject to hydrolysis) is 1. The number of carbonyl (C=O) groups excluding carboxylic acids is 2. The molecular weight excluding hydrogens is 875 g/mol. The van der Waals surface area contributed by atoms with Crippen molar-refractivity contribution in [2.75, 3.05) is 13.1 Å². The third-order valence-corrected chi connectivity index (χ3v) is 10.7. The summed E-state index contributed by atoms with van der Waals surface area (Å²) in [5, 5.41) is 21.3. The summed E-state index contributed by atoms with van der Waals surface area (Å²) < 4.78 is 60.4. The molecule has 0 saturated heterocycles. The molecule has 15 heteroatoms. The molecule has 6 rings (SSSR count). The molecule has 4 aromatic carbocycles. The Hall–Kier alpha value is -5.77. The Bertz CT molecular complexity index is 2340. The minimum atomic E-state index is -1.07. The normalized spacial score (nSPS) is 16.6. The van der Waals surface area contributed by atoms with E-state index in [0.717, 1.165) is 35.4 Å². The second-order valence-corrected chi connectivity index (χ2v) is 19.2. The second-order valence-electron chi connectivity index (χ2n) is 19.2. The lowest BCUT2D eigenvalue weighted by Gasteiger charge is -2.33. The zero-order valence-electron chi connectivity index (χ0n) is 38.7. The van der Waals surface area contributed by atoms with Gasteiger partial charge in [-0.3, -0.25) is 4.79 Å². The van der Waals surface area contributed by atoms with Gasteiger partial charge in [0.25, 0.3) is 0 Å². The minimum Gasteiger partial charge on any atom is -0.480 e. The minimum absolute atomic E-state index is 0. The monoisotopic (exact) mass is 949 g/mol. The van der Waals surface area contributed by atoms with Crippen LogP contribution in [0.5, 0.6) is 0 Å². The first-order chi connectivity index (χ1) is 30.2. The van der Waals surface area contributed by atoms with Crippen molar-refractivity contribution < 1.29 is 46.8 Å². The first kappa shape index (κ1) is 60.3. The highest BCUT2D eigenvalue weighted by molar-refractivity contribution is 6.45. The average Bonchev–Trinajstić information content (AvgIpc) is 3.87. The predicted molar refractivity (Wildman–Crippen MR) is 267 cm³/mol. The number of ether oxygens (including phenoxy) is 1. The van der Waals surface area contributed by atoms with Gasteiger partial charge in [-0.2, -0.15) is 0 Å². The molecule has 5 N–H and O–H groups in total. The Balaban J connectivity index is 0.000000516. The molecule has 372 valence electrons. The van der Waals surface area contributed by atoms with Gasteiger partial charge >= 0.3 is 19.1 Å². The zero-order valence-corrected chi connectivity index (χ0v) is 38.7. The highest BCUT2D eigenvalue weighted by Crippen LogP contribution is 2.38. The van der Waals surface area contributed by atoms with Gasteiger partial charge in [0.1, 0.15) is 34.9 Å². The summed E-state index contributed by atoms with van der Waals surface area (Å²) in [6, 6.07) is 23.8. The first-order valence-electron chi connectivity index (χ1n) is 21.3. The van der Waals surface area contributed by atoms with Crippen molar-refractivity contribution in [3.8, 4) is 0 Å². The van der Waals surface area contributed by atoms with Gasteiger partial charge in [-0.1, -0.05) is 137 Å². The van der Waals surface area contributed by atoms with Crippen LogP contribution in [0.1, 0.15) is 119 Å². The number of carbonyl (C=O) groups is 3. The van der Waals surface area contributed by atoms with Gasteiger partial charge in [-0.15, -0.1) is 0 Å². The Morgan fingerprint density at radius 2 is 1.12 bits per heavy atom. The van der Waals surface area contributed by atoms with E-state index < -0.39 is 70.9 Å². The van der Waals surface area contributed by atoms with Crippen LogP contribution in [0.15, 0.2) is 109 Å². The number of hydrogen-bond acceptors (Lipinski definition) is 7. The van der Waals surface area contributed by atoms with Crippen molar-refractivity contribution in [1.82, 2.24) is 15.0 Å². The van der Waals surface area contributed by atoms with Crippen molar-refractivity contribution >= 4 is 36.2 Å². The number of carboxylic acids is 1. The van der Waals surface area contributed by atoms with Gasteiger partial charge in [0.15, 0.2) is 0 Å². The number of aliphatic carboxylic acids is 1. The molecule has 0 saturated carbocycles. The van der Waals surface area contributed by atoms with Gasteiger partial charge in [-0.25, -0.2) is 27.2 Å². The fourth-order valence-corrected chi connectivity index (χ4v) is 7.15. The molecule has 10 nitrogen and oxygen atoms in total. The molecule has 0 bridgehead atoms. The Kier molecular flexibility index (Phi) is 22.2. The second kappa shape index (κ2) is 25.0. The van der Waals surface area contributed by atoms with Crippen LogP contribution < -0.4 is 11.1 Å². The standard InChI is InChI=1S/C22H24F2N2O.C17H16BF2NO.C11H21NO4.3CH4/c1-22(2,3)20(25)21(27)26-13-15(17-12-16(23)9-10-18(17)24)11-19(26)14-7-5-4-6-8-14;1-18(22)21-11-13(15-10-14(19)7-8-16(15)20)9-17(21)12-5-3-2-4-6-12;1-10(2,3)7(8(13)14)12-9(15)16-11(4,5)6;;;/h4-12,19-20H,13,25H2,1-3H3;2-10,17,22H,11H2,1H3;7H,1-6H3,(H,12,15)(H,13,14);3*1H4/t19-,20+;17-;7-;;;/m001.../s1. The van der Waals surface area contributed by atoms with Crippen LogP contribution >= 0.6 is 0 Å². The van der Waals surface area contributed by atoms with Gasteiger partial charge in [-0.05, 0) is 97.1 Å². The van der Waals surface area contributed by atoms with E-state index in [0.29, 0.717) is 17.7 Å². The summed E-state index contributed by atoms with van der Waals surface area (Å²) in [6.07, 6.45) is 3.00. The molecule has 2 heterocycles. The number of amides is 2. The molecule has 4 aromatic rings. The number of benzene rings is 4. The third-order valence-electron chi connectivity index (χ3n) is 10.7. The number of nitrogens with zero attached hydrogens (tertiary/aromatic N) is 2. The highest BCUT2D eigenvalue weighted by atomic mass is 19.1. The predicted octanol–water partition coefficient (Wildman–Crippen LogP) is 11.7. The summed E-state index contributed by atoms with van der Waals surface area (Å²) in [7, 11) is -0.685. The lowest BCUT2D eigenvalue weighted by molar-refractivity contribution is -0.142. The van der Waals surface area contributed by atoms with E-state index in [1.54, 1.807) is 53.3 Å². The Morgan fingerprint density at radius 1 is 0.691 bits per heavy atom. The van der Waals surface area contributed by atoms with Crippen LogP contribution in [0.4, 0.5) is 22.4 Å². The maximum atomic E-state index is 14.3. The smallest absolute Gasteiger partial charge is 0.408 e. The van der Waals surface area contributed by atoms with E-state index in [1.807, 2.05) is 98.4 Å². The largest absolute Gasteiger partial charge is 0.480 e. The Morgan fingerprint density at radius 3 is 1.51 bits per heavy atom. The quantitative estimate of drug-likeness (QED) is 0.101. The number of halogens is 4. The molecule has 2 aliphatic heterocycles. The molecular formula is C53H73BF4N4O6. The third kappa shape index (κ3) is 16.5. The van der Waals surface area contributed by atoms with Crippen LogP contribution in [0, 0.1) is 34.1 Å². The van der Waals surface area contributed by atoms with E-state index >= 15 is 0 Å². The van der Waals surface area contributed by atoms with Crippen LogP contribution in [0.3, 0.4) is 0 Å². The fourth-order valence-electron chi connectivity index (χ4n) is 7.15. The van der Waals surface area contributed by atoms with Crippen LogP contribution in [-0.4, -0.2) is 75.6 Å². The summed E-state index contributed by atoms with van der Waals surface area (Å²) >= 11 is 0. The molecule has 0 fully saturated rings. The number of nitrogens with two attached hydrogens (primary N) is 1. The lowest BCUT2D eigenvalue weighted by atomic mass is 9.83. The van der Waals surface area contributed by atoms with E-state index in [2.05, 4.69) is 5.32 Å². The van der Waals surface area contributed by atoms with E-state index in [9.17, 15) is 37.0 Å². The van der Waals surface area contributed by atoms with Crippen LogP contribution in [0.2, 0.25) is 6.82 Å². The molecule has 0 spiro atoms. The van der Waals surface area contributed by atoms with E-state index in [1.165, 1.54) is 12.1 Å². The molecule has 2 amide bonds. The zero-order chi connectivity index (χ0) is 48.6. The molecule has 0 aliphatic carbocycles. The molecule has 2 aliphatic rings. The average molecular weight is 949 g/mol. The molecule has 68 heavy (non-hydrogen) atoms. The number of nitrogens with one attached hydrogen (secondary N) is 1. The van der Waals surface area contributed by atoms with Crippen molar-refractivity contribution in [1.29, 1.82) is 0 Å². The van der Waals surface area contributed by atoms with E-state index in [4.69, 9.17) is 15.6 Å². The number of rotatable bonds is 8. The van der Waals surface area contributed by atoms with Crippen molar-refractivity contribution in [2.24, 2.45) is 16.6 Å². The van der Waals surface area contributed by atoms with Crippen molar-refractivity contribution in [3.63, 3.8) is 0 Å². The van der Waals surface area contributed by atoms with Crippen molar-refractivity contribution in [3.05, 3.63) is 155 Å². The molecule has 0 radical (unpaired) electrons. The summed E-state index contributed by atoms with van der Waals surface area (Å²) in [5.74, 6) is -3.22. The maximum absolute atomic E-state index is 14.3. The molecule has 4 atom stereocenters.